The van der Waals surface area contributed by atoms with Crippen molar-refractivity contribution in [3.63, 3.8) is 0 Å². The first-order chi connectivity index (χ1) is 12.1. The smallest absolute Gasteiger partial charge is 0.319 e. The zero-order chi connectivity index (χ0) is 17.6. The number of urea groups is 1. The molecule has 0 spiro atoms. The SMILES string of the molecule is Cc1cccc(NC(=O)NCC2CCCCC2)c1C(=O)N1CCCC1. The van der Waals surface area contributed by atoms with E-state index in [4.69, 9.17) is 0 Å². The lowest BCUT2D eigenvalue weighted by atomic mass is 9.89. The van der Waals surface area contributed by atoms with Gasteiger partial charge in [-0.05, 0) is 50.2 Å². The number of anilines is 1. The van der Waals surface area contributed by atoms with Gasteiger partial charge in [-0.15, -0.1) is 0 Å². The van der Waals surface area contributed by atoms with Crippen LogP contribution in [0.4, 0.5) is 10.5 Å². The number of carbonyl (C=O) groups excluding carboxylic acids is 2. The van der Waals surface area contributed by atoms with Crippen LogP contribution >= 0.6 is 0 Å². The molecule has 3 amide bonds. The Bertz CT molecular complexity index is 617. The minimum absolute atomic E-state index is 0.0261. The standard InChI is InChI=1S/C20H29N3O2/c1-15-8-7-11-17(18(15)19(24)23-12-5-6-13-23)22-20(25)21-14-16-9-3-2-4-10-16/h7-8,11,16H,2-6,9-10,12-14H2,1H3,(H2,21,22,25). The second-order valence-electron chi connectivity index (χ2n) is 7.34. The number of rotatable bonds is 4. The maximum Gasteiger partial charge on any atom is 0.319 e. The number of hydrogen-bond donors (Lipinski definition) is 2. The molecular weight excluding hydrogens is 314 g/mol. The molecule has 1 aliphatic heterocycles. The van der Waals surface area contributed by atoms with Crippen LogP contribution < -0.4 is 10.6 Å². The highest BCUT2D eigenvalue weighted by atomic mass is 16.2. The van der Waals surface area contributed by atoms with Gasteiger partial charge in [0.2, 0.25) is 0 Å². The first-order valence-corrected chi connectivity index (χ1v) is 9.59. The summed E-state index contributed by atoms with van der Waals surface area (Å²) in [5.41, 5.74) is 2.14. The maximum atomic E-state index is 12.8. The molecule has 0 radical (unpaired) electrons. The van der Waals surface area contributed by atoms with E-state index in [0.29, 0.717) is 23.7 Å². The van der Waals surface area contributed by atoms with Gasteiger partial charge in [0, 0.05) is 19.6 Å². The van der Waals surface area contributed by atoms with Crippen LogP contribution in [0.1, 0.15) is 60.9 Å². The van der Waals surface area contributed by atoms with Gasteiger partial charge in [-0.1, -0.05) is 31.4 Å². The fourth-order valence-corrected chi connectivity index (χ4v) is 3.93. The second kappa shape index (κ2) is 8.37. The van der Waals surface area contributed by atoms with E-state index < -0.39 is 0 Å². The summed E-state index contributed by atoms with van der Waals surface area (Å²) >= 11 is 0. The van der Waals surface area contributed by atoms with E-state index in [2.05, 4.69) is 10.6 Å². The van der Waals surface area contributed by atoms with Crippen molar-refractivity contribution in [1.29, 1.82) is 0 Å². The van der Waals surface area contributed by atoms with E-state index in [9.17, 15) is 9.59 Å². The Balaban J connectivity index is 1.64. The second-order valence-corrected chi connectivity index (χ2v) is 7.34. The lowest BCUT2D eigenvalue weighted by Crippen LogP contribution is -2.35. The van der Waals surface area contributed by atoms with Gasteiger partial charge in [0.05, 0.1) is 11.3 Å². The molecule has 1 heterocycles. The van der Waals surface area contributed by atoms with Gasteiger partial charge in [0.15, 0.2) is 0 Å². The van der Waals surface area contributed by atoms with E-state index in [1.165, 1.54) is 32.1 Å². The van der Waals surface area contributed by atoms with Gasteiger partial charge >= 0.3 is 6.03 Å². The van der Waals surface area contributed by atoms with E-state index in [0.717, 1.165) is 31.5 Å². The first kappa shape index (κ1) is 17.8. The predicted octanol–water partition coefficient (Wildman–Crippen LogP) is 3.93. The Morgan fingerprint density at radius 2 is 1.80 bits per heavy atom. The first-order valence-electron chi connectivity index (χ1n) is 9.59. The van der Waals surface area contributed by atoms with Crippen molar-refractivity contribution in [3.05, 3.63) is 29.3 Å². The third-order valence-corrected chi connectivity index (χ3v) is 5.40. The summed E-state index contributed by atoms with van der Waals surface area (Å²) in [5, 5.41) is 5.88. The van der Waals surface area contributed by atoms with E-state index >= 15 is 0 Å². The molecule has 2 fully saturated rings. The lowest BCUT2D eigenvalue weighted by molar-refractivity contribution is 0.0793. The molecule has 0 aromatic heterocycles. The Kier molecular flexibility index (Phi) is 5.95. The summed E-state index contributed by atoms with van der Waals surface area (Å²) < 4.78 is 0. The number of hydrogen-bond acceptors (Lipinski definition) is 2. The number of nitrogens with one attached hydrogen (secondary N) is 2. The average Bonchev–Trinajstić information content (AvgIpc) is 3.15. The highest BCUT2D eigenvalue weighted by Gasteiger charge is 2.24. The number of likely N-dealkylation sites (tertiary alicyclic amines) is 1. The van der Waals surface area contributed by atoms with Crippen molar-refractivity contribution in [3.8, 4) is 0 Å². The average molecular weight is 343 g/mol. The molecule has 2 aliphatic rings. The zero-order valence-corrected chi connectivity index (χ0v) is 15.1. The molecule has 1 aromatic rings. The molecule has 1 aliphatic carbocycles. The molecule has 1 saturated heterocycles. The van der Waals surface area contributed by atoms with Crippen LogP contribution in [0.15, 0.2) is 18.2 Å². The Morgan fingerprint density at radius 3 is 2.52 bits per heavy atom. The minimum atomic E-state index is -0.216. The molecule has 0 bridgehead atoms. The summed E-state index contributed by atoms with van der Waals surface area (Å²) in [7, 11) is 0. The minimum Gasteiger partial charge on any atom is -0.339 e. The highest BCUT2D eigenvalue weighted by molar-refractivity contribution is 6.04. The fourth-order valence-electron chi connectivity index (χ4n) is 3.93. The molecule has 0 unspecified atom stereocenters. The summed E-state index contributed by atoms with van der Waals surface area (Å²) in [6.45, 7) is 4.25. The normalized spacial score (nSPS) is 18.2. The van der Waals surface area contributed by atoms with Crippen LogP contribution in [-0.2, 0) is 0 Å². The van der Waals surface area contributed by atoms with Gasteiger partial charge in [-0.3, -0.25) is 4.79 Å². The quantitative estimate of drug-likeness (QED) is 0.870. The predicted molar refractivity (Wildman–Crippen MR) is 99.9 cm³/mol. The molecule has 25 heavy (non-hydrogen) atoms. The van der Waals surface area contributed by atoms with Gasteiger partial charge in [-0.25, -0.2) is 4.79 Å². The Hall–Kier alpha value is -2.04. The van der Waals surface area contributed by atoms with Crippen LogP contribution in [0, 0.1) is 12.8 Å². The van der Waals surface area contributed by atoms with Crippen LogP contribution in [0.2, 0.25) is 0 Å². The molecule has 136 valence electrons. The largest absolute Gasteiger partial charge is 0.339 e. The maximum absolute atomic E-state index is 12.8. The van der Waals surface area contributed by atoms with Gasteiger partial charge in [-0.2, -0.15) is 0 Å². The zero-order valence-electron chi connectivity index (χ0n) is 15.1. The molecule has 0 atom stereocenters. The number of carbonyl (C=O) groups is 2. The molecule has 5 nitrogen and oxygen atoms in total. The number of nitrogens with zero attached hydrogens (tertiary/aromatic N) is 1. The monoisotopic (exact) mass is 343 g/mol. The lowest BCUT2D eigenvalue weighted by Gasteiger charge is -2.22. The van der Waals surface area contributed by atoms with Crippen molar-refractivity contribution in [2.75, 3.05) is 25.0 Å². The van der Waals surface area contributed by atoms with Crippen molar-refractivity contribution < 1.29 is 9.59 Å². The van der Waals surface area contributed by atoms with E-state index in [1.54, 1.807) is 0 Å². The third-order valence-electron chi connectivity index (χ3n) is 5.40. The molecule has 1 saturated carbocycles. The van der Waals surface area contributed by atoms with Crippen LogP contribution in [0.5, 0.6) is 0 Å². The number of aryl methyl sites for hydroxylation is 1. The van der Waals surface area contributed by atoms with Crippen molar-refractivity contribution in [1.82, 2.24) is 10.2 Å². The van der Waals surface area contributed by atoms with Crippen molar-refractivity contribution in [2.24, 2.45) is 5.92 Å². The van der Waals surface area contributed by atoms with E-state index in [-0.39, 0.29) is 11.9 Å². The number of benzene rings is 1. The van der Waals surface area contributed by atoms with Crippen LogP contribution in [0.3, 0.4) is 0 Å². The summed E-state index contributed by atoms with van der Waals surface area (Å²) in [5.74, 6) is 0.612. The third kappa shape index (κ3) is 4.53. The topological polar surface area (TPSA) is 61.4 Å². The summed E-state index contributed by atoms with van der Waals surface area (Å²) in [6.07, 6.45) is 8.35. The fraction of sp³-hybridized carbons (Fsp3) is 0.600. The van der Waals surface area contributed by atoms with Crippen LogP contribution in [-0.4, -0.2) is 36.5 Å². The molecular formula is C20H29N3O2. The number of amides is 3. The van der Waals surface area contributed by atoms with Gasteiger partial charge < -0.3 is 15.5 Å². The van der Waals surface area contributed by atoms with Crippen LogP contribution in [0.25, 0.3) is 0 Å². The van der Waals surface area contributed by atoms with E-state index in [1.807, 2.05) is 30.0 Å². The molecule has 5 heteroatoms. The summed E-state index contributed by atoms with van der Waals surface area (Å²) in [4.78, 5) is 27.0. The van der Waals surface area contributed by atoms with Crippen molar-refractivity contribution >= 4 is 17.6 Å². The Labute approximate surface area is 150 Å². The van der Waals surface area contributed by atoms with Crippen molar-refractivity contribution in [2.45, 2.75) is 51.9 Å². The molecule has 2 N–H and O–H groups in total. The van der Waals surface area contributed by atoms with Gasteiger partial charge in [0.1, 0.15) is 0 Å². The Morgan fingerprint density at radius 1 is 1.08 bits per heavy atom. The van der Waals surface area contributed by atoms with Gasteiger partial charge in [0.25, 0.3) is 5.91 Å². The molecule has 3 rings (SSSR count). The highest BCUT2D eigenvalue weighted by Crippen LogP contribution is 2.24. The molecule has 1 aromatic carbocycles. The summed E-state index contributed by atoms with van der Waals surface area (Å²) in [6, 6.07) is 5.41.